The fourth-order valence-corrected chi connectivity index (χ4v) is 3.81. The van der Waals surface area contributed by atoms with Crippen LogP contribution in [0.3, 0.4) is 0 Å². The van der Waals surface area contributed by atoms with Crippen LogP contribution in [0.2, 0.25) is 0 Å². The predicted molar refractivity (Wildman–Crippen MR) is 105 cm³/mol. The van der Waals surface area contributed by atoms with Crippen LogP contribution < -0.4 is 5.73 Å². The standard InChI is InChI=1S/C17H34N4O.2ClH/c1-4-5-16(18)17(22)20-11-8-19(9-12-20)10-13-21-14(2)6-7-15(21)3;;/h14-16H,4-13,18H2,1-3H3;2*1H. The minimum atomic E-state index is -0.303. The molecule has 2 rings (SSSR count). The van der Waals surface area contributed by atoms with Crippen molar-refractivity contribution in [3.8, 4) is 0 Å². The van der Waals surface area contributed by atoms with Gasteiger partial charge in [0.15, 0.2) is 0 Å². The second-order valence-electron chi connectivity index (χ2n) is 7.08. The molecule has 0 saturated carbocycles. The molecule has 7 heteroatoms. The maximum Gasteiger partial charge on any atom is 0.239 e. The van der Waals surface area contributed by atoms with Gasteiger partial charge in [-0.2, -0.15) is 0 Å². The second-order valence-corrected chi connectivity index (χ2v) is 7.08. The maximum atomic E-state index is 12.2. The molecule has 0 aromatic carbocycles. The lowest BCUT2D eigenvalue weighted by molar-refractivity contribution is -0.134. The number of amides is 1. The van der Waals surface area contributed by atoms with E-state index in [2.05, 4.69) is 30.6 Å². The molecule has 2 heterocycles. The van der Waals surface area contributed by atoms with Gasteiger partial charge in [-0.25, -0.2) is 0 Å². The molecule has 2 saturated heterocycles. The molecule has 2 N–H and O–H groups in total. The summed E-state index contributed by atoms with van der Waals surface area (Å²) in [5.74, 6) is 0.142. The van der Waals surface area contributed by atoms with Gasteiger partial charge in [-0.1, -0.05) is 13.3 Å². The number of carbonyl (C=O) groups is 1. The van der Waals surface area contributed by atoms with Gasteiger partial charge >= 0.3 is 0 Å². The lowest BCUT2D eigenvalue weighted by Crippen LogP contribution is -2.54. The summed E-state index contributed by atoms with van der Waals surface area (Å²) >= 11 is 0. The Hall–Kier alpha value is -0.0700. The topological polar surface area (TPSA) is 52.8 Å². The van der Waals surface area contributed by atoms with Gasteiger partial charge in [-0.15, -0.1) is 24.8 Å². The minimum absolute atomic E-state index is 0. The van der Waals surface area contributed by atoms with Gasteiger partial charge in [-0.3, -0.25) is 14.6 Å². The highest BCUT2D eigenvalue weighted by molar-refractivity contribution is 5.85. The molecular formula is C17H36Cl2N4O. The lowest BCUT2D eigenvalue weighted by Gasteiger charge is -2.37. The molecule has 24 heavy (non-hydrogen) atoms. The van der Waals surface area contributed by atoms with Crippen molar-refractivity contribution >= 4 is 30.7 Å². The number of carbonyl (C=O) groups excluding carboxylic acids is 1. The molecule has 144 valence electrons. The molecule has 3 atom stereocenters. The molecule has 3 unspecified atom stereocenters. The van der Waals surface area contributed by atoms with Crippen LogP contribution >= 0.6 is 24.8 Å². The first-order chi connectivity index (χ1) is 10.5. The van der Waals surface area contributed by atoms with Gasteiger partial charge in [-0.05, 0) is 33.1 Å². The lowest BCUT2D eigenvalue weighted by atomic mass is 10.1. The van der Waals surface area contributed by atoms with Crippen LogP contribution in [0.4, 0.5) is 0 Å². The number of hydrogen-bond donors (Lipinski definition) is 1. The van der Waals surface area contributed by atoms with Crippen LogP contribution in [0, 0.1) is 0 Å². The number of rotatable bonds is 6. The zero-order valence-electron chi connectivity index (χ0n) is 15.4. The van der Waals surface area contributed by atoms with E-state index >= 15 is 0 Å². The maximum absolute atomic E-state index is 12.2. The fraction of sp³-hybridized carbons (Fsp3) is 0.941. The Morgan fingerprint density at radius 2 is 1.58 bits per heavy atom. The summed E-state index contributed by atoms with van der Waals surface area (Å²) in [6.07, 6.45) is 4.43. The Labute approximate surface area is 160 Å². The van der Waals surface area contributed by atoms with Gasteiger partial charge in [0.05, 0.1) is 6.04 Å². The average Bonchev–Trinajstić information content (AvgIpc) is 2.84. The number of halogens is 2. The normalized spacial score (nSPS) is 26.6. The summed E-state index contributed by atoms with van der Waals surface area (Å²) < 4.78 is 0. The molecule has 2 fully saturated rings. The molecular weight excluding hydrogens is 347 g/mol. The average molecular weight is 383 g/mol. The van der Waals surface area contributed by atoms with Gasteiger partial charge < -0.3 is 10.6 Å². The molecule has 0 bridgehead atoms. The molecule has 0 aromatic rings. The van der Waals surface area contributed by atoms with Crippen molar-refractivity contribution in [2.24, 2.45) is 5.73 Å². The first kappa shape index (κ1) is 23.9. The third-order valence-electron chi connectivity index (χ3n) is 5.41. The predicted octanol–water partition coefficient (Wildman–Crippen LogP) is 1.97. The summed E-state index contributed by atoms with van der Waals surface area (Å²) in [7, 11) is 0. The third-order valence-corrected chi connectivity index (χ3v) is 5.41. The van der Waals surface area contributed by atoms with Crippen molar-refractivity contribution in [1.82, 2.24) is 14.7 Å². The van der Waals surface area contributed by atoms with E-state index in [1.165, 1.54) is 12.8 Å². The van der Waals surface area contributed by atoms with Gasteiger partial charge in [0.2, 0.25) is 5.91 Å². The van der Waals surface area contributed by atoms with Crippen molar-refractivity contribution in [2.45, 2.75) is 64.6 Å². The number of likely N-dealkylation sites (tertiary alicyclic amines) is 1. The van der Waals surface area contributed by atoms with E-state index in [-0.39, 0.29) is 36.8 Å². The van der Waals surface area contributed by atoms with Crippen LogP contribution in [0.25, 0.3) is 0 Å². The van der Waals surface area contributed by atoms with Crippen LogP contribution in [0.1, 0.15) is 46.5 Å². The quantitative estimate of drug-likeness (QED) is 0.762. The van der Waals surface area contributed by atoms with Crippen LogP contribution in [-0.2, 0) is 4.79 Å². The Balaban J connectivity index is 0.00000264. The van der Waals surface area contributed by atoms with Crippen LogP contribution in [-0.4, -0.2) is 78.0 Å². The van der Waals surface area contributed by atoms with E-state index in [4.69, 9.17) is 5.73 Å². The Bertz CT molecular complexity index is 354. The molecule has 2 aliphatic rings. The van der Waals surface area contributed by atoms with E-state index in [9.17, 15) is 4.79 Å². The SMILES string of the molecule is CCCC(N)C(=O)N1CCN(CCN2C(C)CCC2C)CC1.Cl.Cl. The summed E-state index contributed by atoms with van der Waals surface area (Å²) in [4.78, 5) is 19.3. The molecule has 0 spiro atoms. The molecule has 2 aliphatic heterocycles. The molecule has 0 aliphatic carbocycles. The monoisotopic (exact) mass is 382 g/mol. The molecule has 1 amide bonds. The number of nitrogens with zero attached hydrogens (tertiary/aromatic N) is 3. The minimum Gasteiger partial charge on any atom is -0.339 e. The highest BCUT2D eigenvalue weighted by Gasteiger charge is 2.28. The summed E-state index contributed by atoms with van der Waals surface area (Å²) in [6, 6.07) is 1.15. The number of piperazine rings is 1. The van der Waals surface area contributed by atoms with Crippen molar-refractivity contribution in [1.29, 1.82) is 0 Å². The second kappa shape index (κ2) is 11.5. The highest BCUT2D eigenvalue weighted by atomic mass is 35.5. The third kappa shape index (κ3) is 6.34. The van der Waals surface area contributed by atoms with E-state index in [0.717, 1.165) is 64.2 Å². The Morgan fingerprint density at radius 1 is 1.04 bits per heavy atom. The number of nitrogens with two attached hydrogens (primary N) is 1. The summed E-state index contributed by atoms with van der Waals surface area (Å²) in [5.41, 5.74) is 5.95. The number of hydrogen-bond acceptors (Lipinski definition) is 4. The summed E-state index contributed by atoms with van der Waals surface area (Å²) in [6.45, 7) is 12.7. The van der Waals surface area contributed by atoms with Crippen molar-refractivity contribution in [3.63, 3.8) is 0 Å². The van der Waals surface area contributed by atoms with Crippen LogP contribution in [0.15, 0.2) is 0 Å². The van der Waals surface area contributed by atoms with E-state index in [0.29, 0.717) is 0 Å². The zero-order chi connectivity index (χ0) is 16.1. The Kier molecular flexibility index (Phi) is 11.5. The molecule has 5 nitrogen and oxygen atoms in total. The van der Waals surface area contributed by atoms with E-state index in [1.54, 1.807) is 0 Å². The van der Waals surface area contributed by atoms with Crippen molar-refractivity contribution < 1.29 is 4.79 Å². The zero-order valence-corrected chi connectivity index (χ0v) is 17.1. The first-order valence-electron chi connectivity index (χ1n) is 9.05. The fourth-order valence-electron chi connectivity index (χ4n) is 3.81. The van der Waals surface area contributed by atoms with Crippen molar-refractivity contribution in [3.05, 3.63) is 0 Å². The first-order valence-corrected chi connectivity index (χ1v) is 9.05. The summed E-state index contributed by atoms with van der Waals surface area (Å²) in [5, 5.41) is 0. The van der Waals surface area contributed by atoms with Crippen LogP contribution in [0.5, 0.6) is 0 Å². The van der Waals surface area contributed by atoms with Gasteiger partial charge in [0.1, 0.15) is 0 Å². The van der Waals surface area contributed by atoms with E-state index < -0.39 is 0 Å². The highest BCUT2D eigenvalue weighted by Crippen LogP contribution is 2.22. The molecule has 0 aromatic heterocycles. The van der Waals surface area contributed by atoms with Crippen molar-refractivity contribution in [2.75, 3.05) is 39.3 Å². The largest absolute Gasteiger partial charge is 0.339 e. The van der Waals surface area contributed by atoms with Gasteiger partial charge in [0, 0.05) is 51.4 Å². The Morgan fingerprint density at radius 3 is 2.08 bits per heavy atom. The van der Waals surface area contributed by atoms with E-state index in [1.807, 2.05) is 4.90 Å². The molecule has 0 radical (unpaired) electrons. The smallest absolute Gasteiger partial charge is 0.239 e. The van der Waals surface area contributed by atoms with Gasteiger partial charge in [0.25, 0.3) is 0 Å².